The molecule has 2 amide bonds. The topological polar surface area (TPSA) is 77.1 Å². The summed E-state index contributed by atoms with van der Waals surface area (Å²) in [7, 11) is 1.58. The molecule has 0 aliphatic carbocycles. The van der Waals surface area contributed by atoms with Gasteiger partial charge in [-0.2, -0.15) is 0 Å². The molecule has 0 radical (unpaired) electrons. The smallest absolute Gasteiger partial charge is 0.227 e. The van der Waals surface area contributed by atoms with Gasteiger partial charge in [-0.05, 0) is 49.6 Å². The van der Waals surface area contributed by atoms with Crippen molar-refractivity contribution >= 4 is 17.5 Å². The summed E-state index contributed by atoms with van der Waals surface area (Å²) >= 11 is 0. The van der Waals surface area contributed by atoms with Gasteiger partial charge in [0, 0.05) is 38.1 Å². The summed E-state index contributed by atoms with van der Waals surface area (Å²) in [4.78, 5) is 27.5. The van der Waals surface area contributed by atoms with E-state index in [0.29, 0.717) is 44.3 Å². The van der Waals surface area contributed by atoms with E-state index in [0.717, 1.165) is 18.6 Å². The Bertz CT molecular complexity index is 969. The van der Waals surface area contributed by atoms with E-state index >= 15 is 0 Å². The molecule has 2 fully saturated rings. The minimum Gasteiger partial charge on any atom is -0.495 e. The largest absolute Gasteiger partial charge is 0.495 e. The molecule has 4 rings (SSSR count). The number of ether oxygens (including phenoxy) is 3. The Labute approximate surface area is 195 Å². The molecule has 7 nitrogen and oxygen atoms in total. The van der Waals surface area contributed by atoms with Crippen molar-refractivity contribution in [2.24, 2.45) is 5.92 Å². The highest BCUT2D eigenvalue weighted by Crippen LogP contribution is 2.36. The Balaban J connectivity index is 1.44. The second kappa shape index (κ2) is 10.3. The first-order valence-electron chi connectivity index (χ1n) is 11.6. The third kappa shape index (κ3) is 4.98. The molecule has 1 N–H and O–H groups in total. The molecule has 0 bridgehead atoms. The predicted octanol–water partition coefficient (Wildman–Crippen LogP) is 3.31. The first kappa shape index (κ1) is 23.1. The number of para-hydroxylation sites is 2. The zero-order valence-corrected chi connectivity index (χ0v) is 19.3. The van der Waals surface area contributed by atoms with E-state index in [1.807, 2.05) is 43.3 Å². The Hall–Kier alpha value is -3.06. The summed E-state index contributed by atoms with van der Waals surface area (Å²) in [5, 5.41) is 3.16. The van der Waals surface area contributed by atoms with Crippen LogP contribution in [0.5, 0.6) is 11.5 Å². The highest BCUT2D eigenvalue weighted by atomic mass is 16.5. The van der Waals surface area contributed by atoms with Crippen molar-refractivity contribution in [3.63, 3.8) is 0 Å². The van der Waals surface area contributed by atoms with E-state index in [1.54, 1.807) is 12.0 Å². The molecule has 2 aliphatic rings. The number of nitrogens with one attached hydrogen (secondary N) is 1. The maximum Gasteiger partial charge on any atom is 0.227 e. The Morgan fingerprint density at radius 2 is 1.88 bits per heavy atom. The Morgan fingerprint density at radius 1 is 1.15 bits per heavy atom. The number of hydrogen-bond acceptors (Lipinski definition) is 5. The van der Waals surface area contributed by atoms with Crippen LogP contribution in [0.25, 0.3) is 0 Å². The molecule has 2 saturated heterocycles. The van der Waals surface area contributed by atoms with Gasteiger partial charge in [0.1, 0.15) is 11.5 Å². The monoisotopic (exact) mass is 452 g/mol. The zero-order chi connectivity index (χ0) is 23.3. The molecule has 176 valence electrons. The number of anilines is 1. The minimum atomic E-state index is -0.389. The SMILES string of the molecule is CCOc1ccc(C2(CNC(=O)C3CC(=O)N(c4ccccc4OC)C3)CCOCC2)cc1. The quantitative estimate of drug-likeness (QED) is 0.665. The van der Waals surface area contributed by atoms with E-state index in [4.69, 9.17) is 14.2 Å². The van der Waals surface area contributed by atoms with Crippen LogP contribution in [0.15, 0.2) is 48.5 Å². The Kier molecular flexibility index (Phi) is 7.18. The summed E-state index contributed by atoms with van der Waals surface area (Å²) in [5.41, 5.74) is 1.69. The van der Waals surface area contributed by atoms with Gasteiger partial charge in [0.2, 0.25) is 11.8 Å². The predicted molar refractivity (Wildman–Crippen MR) is 126 cm³/mol. The van der Waals surface area contributed by atoms with Crippen LogP contribution < -0.4 is 19.7 Å². The first-order chi connectivity index (χ1) is 16.1. The summed E-state index contributed by atoms with van der Waals surface area (Å²) in [5.74, 6) is 0.932. The van der Waals surface area contributed by atoms with E-state index in [1.165, 1.54) is 5.56 Å². The number of methoxy groups -OCH3 is 1. The fourth-order valence-electron chi connectivity index (χ4n) is 4.77. The summed E-state index contributed by atoms with van der Waals surface area (Å²) in [6, 6.07) is 15.5. The summed E-state index contributed by atoms with van der Waals surface area (Å²) < 4.78 is 16.6. The summed E-state index contributed by atoms with van der Waals surface area (Å²) in [6.45, 7) is 4.78. The highest BCUT2D eigenvalue weighted by Gasteiger charge is 2.39. The third-order valence-corrected chi connectivity index (χ3v) is 6.70. The fourth-order valence-corrected chi connectivity index (χ4v) is 4.77. The fraction of sp³-hybridized carbons (Fsp3) is 0.462. The van der Waals surface area contributed by atoms with Gasteiger partial charge in [-0.15, -0.1) is 0 Å². The molecule has 1 unspecified atom stereocenters. The van der Waals surface area contributed by atoms with Gasteiger partial charge >= 0.3 is 0 Å². The number of hydrogen-bond donors (Lipinski definition) is 1. The standard InChI is InChI=1S/C26H32N2O5/c1-3-33-21-10-8-20(9-11-21)26(12-14-32-15-13-26)18-27-25(30)19-16-24(29)28(17-19)22-6-4-5-7-23(22)31-2/h4-11,19H,3,12-18H2,1-2H3,(H,27,30). The van der Waals surface area contributed by atoms with Gasteiger partial charge < -0.3 is 24.4 Å². The lowest BCUT2D eigenvalue weighted by atomic mass is 9.74. The minimum absolute atomic E-state index is 0.0630. The van der Waals surface area contributed by atoms with E-state index in [2.05, 4.69) is 17.4 Å². The van der Waals surface area contributed by atoms with E-state index < -0.39 is 0 Å². The van der Waals surface area contributed by atoms with Crippen molar-refractivity contribution in [3.8, 4) is 11.5 Å². The van der Waals surface area contributed by atoms with Gasteiger partial charge in [0.05, 0.1) is 25.3 Å². The number of carbonyl (C=O) groups is 2. The lowest BCUT2D eigenvalue weighted by Crippen LogP contribution is -2.46. The second-order valence-corrected chi connectivity index (χ2v) is 8.65. The van der Waals surface area contributed by atoms with E-state index in [9.17, 15) is 9.59 Å². The number of rotatable bonds is 8. The molecule has 2 aliphatic heterocycles. The third-order valence-electron chi connectivity index (χ3n) is 6.70. The lowest BCUT2D eigenvalue weighted by Gasteiger charge is -2.38. The van der Waals surface area contributed by atoms with Crippen molar-refractivity contribution < 1.29 is 23.8 Å². The summed E-state index contributed by atoms with van der Waals surface area (Å²) in [6.07, 6.45) is 1.86. The number of benzene rings is 2. The van der Waals surface area contributed by atoms with E-state index in [-0.39, 0.29) is 29.6 Å². The molecule has 2 heterocycles. The van der Waals surface area contributed by atoms with Crippen LogP contribution in [0, 0.1) is 5.92 Å². The van der Waals surface area contributed by atoms with Crippen LogP contribution in [-0.2, 0) is 19.7 Å². The average Bonchev–Trinajstić information content (AvgIpc) is 3.25. The molecule has 2 aromatic rings. The van der Waals surface area contributed by atoms with Gasteiger partial charge in [-0.25, -0.2) is 0 Å². The molecule has 1 atom stereocenters. The van der Waals surface area contributed by atoms with Crippen molar-refractivity contribution in [1.82, 2.24) is 5.32 Å². The van der Waals surface area contributed by atoms with Crippen molar-refractivity contribution in [2.45, 2.75) is 31.6 Å². The molecular weight excluding hydrogens is 420 g/mol. The van der Waals surface area contributed by atoms with Crippen molar-refractivity contribution in [3.05, 3.63) is 54.1 Å². The zero-order valence-electron chi connectivity index (χ0n) is 19.3. The second-order valence-electron chi connectivity index (χ2n) is 8.65. The molecule has 0 saturated carbocycles. The van der Waals surface area contributed by atoms with Gasteiger partial charge in [0.15, 0.2) is 0 Å². The van der Waals surface area contributed by atoms with Gasteiger partial charge in [0.25, 0.3) is 0 Å². The molecular formula is C26H32N2O5. The Morgan fingerprint density at radius 3 is 2.58 bits per heavy atom. The first-order valence-corrected chi connectivity index (χ1v) is 11.6. The molecule has 7 heteroatoms. The highest BCUT2D eigenvalue weighted by molar-refractivity contribution is 6.01. The number of amides is 2. The van der Waals surface area contributed by atoms with Crippen LogP contribution >= 0.6 is 0 Å². The normalized spacial score (nSPS) is 19.9. The molecule has 2 aromatic carbocycles. The lowest BCUT2D eigenvalue weighted by molar-refractivity contribution is -0.126. The van der Waals surface area contributed by atoms with Crippen molar-refractivity contribution in [2.75, 3.05) is 44.9 Å². The number of nitrogens with zero attached hydrogens (tertiary/aromatic N) is 1. The molecule has 33 heavy (non-hydrogen) atoms. The average molecular weight is 453 g/mol. The number of carbonyl (C=O) groups excluding carboxylic acids is 2. The van der Waals surface area contributed by atoms with Crippen molar-refractivity contribution in [1.29, 1.82) is 0 Å². The van der Waals surface area contributed by atoms with Crippen LogP contribution in [0.3, 0.4) is 0 Å². The van der Waals surface area contributed by atoms with Crippen LogP contribution in [0.1, 0.15) is 31.7 Å². The van der Waals surface area contributed by atoms with Gasteiger partial charge in [-0.1, -0.05) is 24.3 Å². The van der Waals surface area contributed by atoms with Gasteiger partial charge in [-0.3, -0.25) is 9.59 Å². The van der Waals surface area contributed by atoms with Crippen LogP contribution in [0.2, 0.25) is 0 Å². The molecule has 0 spiro atoms. The maximum absolute atomic E-state index is 13.1. The van der Waals surface area contributed by atoms with Crippen LogP contribution in [-0.4, -0.2) is 51.8 Å². The van der Waals surface area contributed by atoms with Crippen LogP contribution in [0.4, 0.5) is 5.69 Å². The maximum atomic E-state index is 13.1. The molecule has 0 aromatic heterocycles.